The van der Waals surface area contributed by atoms with E-state index in [1.807, 2.05) is 0 Å². The molecule has 2 N–H and O–H groups in total. The lowest BCUT2D eigenvalue weighted by atomic mass is 10.3. The first kappa shape index (κ1) is 12.3. The van der Waals surface area contributed by atoms with Crippen molar-refractivity contribution < 1.29 is 13.3 Å². The molecule has 1 aliphatic carbocycles. The quantitative estimate of drug-likeness (QED) is 0.665. The van der Waals surface area contributed by atoms with E-state index in [4.69, 9.17) is 4.84 Å². The van der Waals surface area contributed by atoms with Crippen molar-refractivity contribution >= 4 is 10.2 Å². The second kappa shape index (κ2) is 5.42. The number of nitrogens with one attached hydrogen (secondary N) is 2. The van der Waals surface area contributed by atoms with Crippen molar-refractivity contribution in [3.63, 3.8) is 0 Å². The van der Waals surface area contributed by atoms with Gasteiger partial charge in [0.1, 0.15) is 0 Å². The average Bonchev–Trinajstić information content (AvgIpc) is 2.81. The van der Waals surface area contributed by atoms with Crippen molar-refractivity contribution in [2.75, 3.05) is 26.2 Å². The summed E-state index contributed by atoms with van der Waals surface area (Å²) in [4.78, 5) is 7.46. The largest absolute Gasteiger partial charge is 0.314 e. The number of rotatable bonds is 4. The Hall–Kier alpha value is -0.210. The zero-order chi connectivity index (χ0) is 11.4. The van der Waals surface area contributed by atoms with E-state index in [1.165, 1.54) is 4.31 Å². The molecule has 0 atom stereocenters. The van der Waals surface area contributed by atoms with Gasteiger partial charge in [0.2, 0.25) is 0 Å². The summed E-state index contributed by atoms with van der Waals surface area (Å²) in [6.07, 6.45) is 4.20. The van der Waals surface area contributed by atoms with E-state index in [-0.39, 0.29) is 6.10 Å². The van der Waals surface area contributed by atoms with E-state index < -0.39 is 10.2 Å². The van der Waals surface area contributed by atoms with Gasteiger partial charge in [-0.25, -0.2) is 0 Å². The summed E-state index contributed by atoms with van der Waals surface area (Å²) in [6.45, 7) is 2.40. The molecule has 1 saturated carbocycles. The standard InChI is InChI=1S/C9H19N3O3S/c13-16(14,12-7-5-10-6-8-12)11-15-9-3-1-2-4-9/h9-11H,1-8H2. The molecule has 0 aromatic heterocycles. The molecule has 0 spiro atoms. The minimum atomic E-state index is -3.45. The second-order valence-electron chi connectivity index (χ2n) is 4.26. The summed E-state index contributed by atoms with van der Waals surface area (Å²) < 4.78 is 25.0. The van der Waals surface area contributed by atoms with Gasteiger partial charge in [0.05, 0.1) is 6.10 Å². The van der Waals surface area contributed by atoms with Crippen LogP contribution in [0.15, 0.2) is 0 Å². The van der Waals surface area contributed by atoms with E-state index in [0.29, 0.717) is 26.2 Å². The van der Waals surface area contributed by atoms with Crippen molar-refractivity contribution in [2.24, 2.45) is 0 Å². The molecule has 1 heterocycles. The first-order valence-corrected chi connectivity index (χ1v) is 7.26. The molecule has 0 aromatic carbocycles. The van der Waals surface area contributed by atoms with Crippen LogP contribution in [0.25, 0.3) is 0 Å². The molecular weight excluding hydrogens is 230 g/mol. The molecule has 1 saturated heterocycles. The Labute approximate surface area is 96.5 Å². The van der Waals surface area contributed by atoms with Gasteiger partial charge in [-0.1, -0.05) is 17.7 Å². The fraction of sp³-hybridized carbons (Fsp3) is 1.00. The fourth-order valence-electron chi connectivity index (χ4n) is 2.07. The molecule has 6 nitrogen and oxygen atoms in total. The van der Waals surface area contributed by atoms with Crippen molar-refractivity contribution in [3.8, 4) is 0 Å². The van der Waals surface area contributed by atoms with Crippen LogP contribution in [0.2, 0.25) is 0 Å². The summed E-state index contributed by atoms with van der Waals surface area (Å²) in [7, 11) is -3.45. The zero-order valence-corrected chi connectivity index (χ0v) is 10.1. The lowest BCUT2D eigenvalue weighted by Crippen LogP contribution is -2.50. The van der Waals surface area contributed by atoms with Gasteiger partial charge in [-0.2, -0.15) is 12.7 Å². The highest BCUT2D eigenvalue weighted by Gasteiger charge is 2.25. The van der Waals surface area contributed by atoms with Crippen LogP contribution >= 0.6 is 0 Å². The Balaban J connectivity index is 1.81. The molecule has 2 rings (SSSR count). The fourth-order valence-corrected chi connectivity index (χ4v) is 3.10. The van der Waals surface area contributed by atoms with E-state index in [1.54, 1.807) is 0 Å². The lowest BCUT2D eigenvalue weighted by molar-refractivity contribution is 0.0187. The Morgan fingerprint density at radius 1 is 1.19 bits per heavy atom. The van der Waals surface area contributed by atoms with Crippen LogP contribution in [-0.4, -0.2) is 45.0 Å². The second-order valence-corrected chi connectivity index (χ2v) is 5.89. The summed E-state index contributed by atoms with van der Waals surface area (Å²) in [5.41, 5.74) is 0. The summed E-state index contributed by atoms with van der Waals surface area (Å²) in [5.74, 6) is 0. The van der Waals surface area contributed by atoms with Crippen LogP contribution < -0.4 is 10.2 Å². The topological polar surface area (TPSA) is 70.7 Å². The van der Waals surface area contributed by atoms with Gasteiger partial charge in [-0.05, 0) is 12.8 Å². The van der Waals surface area contributed by atoms with E-state index >= 15 is 0 Å². The van der Waals surface area contributed by atoms with Crippen LogP contribution in [0.5, 0.6) is 0 Å². The molecule has 0 bridgehead atoms. The summed E-state index contributed by atoms with van der Waals surface area (Å²) in [5, 5.41) is 3.11. The number of nitrogens with zero attached hydrogens (tertiary/aromatic N) is 1. The zero-order valence-electron chi connectivity index (χ0n) is 9.31. The third-order valence-corrected chi connectivity index (χ3v) is 4.39. The van der Waals surface area contributed by atoms with Crippen molar-refractivity contribution in [3.05, 3.63) is 0 Å². The number of hydrogen-bond donors (Lipinski definition) is 2. The normalized spacial score (nSPS) is 25.0. The minimum Gasteiger partial charge on any atom is -0.314 e. The Kier molecular flexibility index (Phi) is 4.15. The predicted octanol–water partition coefficient (Wildman–Crippen LogP) is -0.400. The van der Waals surface area contributed by atoms with Crippen LogP contribution in [0.3, 0.4) is 0 Å². The van der Waals surface area contributed by atoms with Gasteiger partial charge >= 0.3 is 10.2 Å². The van der Waals surface area contributed by atoms with Crippen LogP contribution in [0.1, 0.15) is 25.7 Å². The van der Waals surface area contributed by atoms with Crippen LogP contribution in [-0.2, 0) is 15.0 Å². The smallest absolute Gasteiger partial charge is 0.301 e. The van der Waals surface area contributed by atoms with Crippen molar-refractivity contribution in [2.45, 2.75) is 31.8 Å². The summed E-state index contributed by atoms with van der Waals surface area (Å²) >= 11 is 0. The number of piperazine rings is 1. The molecule has 7 heteroatoms. The first-order chi connectivity index (χ1) is 7.68. The van der Waals surface area contributed by atoms with Gasteiger partial charge in [-0.3, -0.25) is 4.84 Å². The highest BCUT2D eigenvalue weighted by atomic mass is 32.2. The van der Waals surface area contributed by atoms with Gasteiger partial charge in [0, 0.05) is 26.2 Å². The molecule has 0 unspecified atom stereocenters. The maximum Gasteiger partial charge on any atom is 0.301 e. The van der Waals surface area contributed by atoms with Gasteiger partial charge in [-0.15, -0.1) is 0 Å². The Bertz CT molecular complexity index is 308. The molecule has 1 aliphatic heterocycles. The molecule has 0 radical (unpaired) electrons. The third kappa shape index (κ3) is 3.14. The van der Waals surface area contributed by atoms with E-state index in [2.05, 4.69) is 10.2 Å². The molecular formula is C9H19N3O3S. The SMILES string of the molecule is O=S(=O)(NOC1CCCC1)N1CCNCC1. The lowest BCUT2D eigenvalue weighted by Gasteiger charge is -2.26. The monoisotopic (exact) mass is 249 g/mol. The molecule has 16 heavy (non-hydrogen) atoms. The van der Waals surface area contributed by atoms with Gasteiger partial charge in [0.25, 0.3) is 0 Å². The van der Waals surface area contributed by atoms with Crippen molar-refractivity contribution in [1.82, 2.24) is 14.5 Å². The molecule has 0 aromatic rings. The predicted molar refractivity (Wildman–Crippen MR) is 59.8 cm³/mol. The van der Waals surface area contributed by atoms with Crippen LogP contribution in [0, 0.1) is 0 Å². The summed E-state index contributed by atoms with van der Waals surface area (Å²) in [6, 6.07) is 0. The van der Waals surface area contributed by atoms with E-state index in [9.17, 15) is 8.42 Å². The Morgan fingerprint density at radius 2 is 1.81 bits per heavy atom. The van der Waals surface area contributed by atoms with Gasteiger partial charge < -0.3 is 5.32 Å². The molecule has 94 valence electrons. The van der Waals surface area contributed by atoms with Crippen molar-refractivity contribution in [1.29, 1.82) is 0 Å². The number of hydrogen-bond acceptors (Lipinski definition) is 4. The van der Waals surface area contributed by atoms with Crippen LogP contribution in [0.4, 0.5) is 0 Å². The molecule has 0 amide bonds. The van der Waals surface area contributed by atoms with E-state index in [0.717, 1.165) is 25.7 Å². The first-order valence-electron chi connectivity index (χ1n) is 5.82. The third-order valence-electron chi connectivity index (χ3n) is 3.04. The Morgan fingerprint density at radius 3 is 2.44 bits per heavy atom. The average molecular weight is 249 g/mol. The minimum absolute atomic E-state index is 0.0534. The molecule has 2 aliphatic rings. The highest BCUT2D eigenvalue weighted by molar-refractivity contribution is 7.87. The molecule has 2 fully saturated rings. The maximum absolute atomic E-state index is 11.8. The highest BCUT2D eigenvalue weighted by Crippen LogP contribution is 2.20. The van der Waals surface area contributed by atoms with Gasteiger partial charge in [0.15, 0.2) is 0 Å². The maximum atomic E-state index is 11.8.